The van der Waals surface area contributed by atoms with E-state index in [1.54, 1.807) is 26.0 Å². The van der Waals surface area contributed by atoms with Crippen LogP contribution >= 0.6 is 58.0 Å². The van der Waals surface area contributed by atoms with E-state index in [0.717, 1.165) is 30.4 Å². The number of nitrogens with zero attached hydrogens (tertiary/aromatic N) is 7. The number of hydrogen-bond donors (Lipinski definition) is 1. The molecule has 11 nitrogen and oxygen atoms in total. The van der Waals surface area contributed by atoms with Gasteiger partial charge in [0.15, 0.2) is 5.82 Å². The SMILES string of the molecule is CN(C)c1nc(=O)n(C2CCCCC2)c(=O)n1C.O=C(O)c1nc(C(Cl)(Cl)Cl)n(-c2ccc(Cl)cc2Cl)n1. The molecule has 0 bridgehead atoms. The fourth-order valence-corrected chi connectivity index (χ4v) is 4.86. The first-order chi connectivity index (χ1) is 17.7. The Balaban J connectivity index is 0.000000212. The van der Waals surface area contributed by atoms with Crippen molar-refractivity contribution in [3.63, 3.8) is 0 Å². The van der Waals surface area contributed by atoms with Gasteiger partial charge in [0.05, 0.1) is 10.7 Å². The first-order valence-electron chi connectivity index (χ1n) is 11.3. The topological polar surface area (TPSA) is 128 Å². The smallest absolute Gasteiger partial charge is 0.375 e. The Kier molecular flexibility index (Phi) is 9.75. The third-order valence-corrected chi connectivity index (χ3v) is 6.77. The zero-order valence-electron chi connectivity index (χ0n) is 20.5. The van der Waals surface area contributed by atoms with Gasteiger partial charge in [-0.05, 0) is 31.0 Å². The van der Waals surface area contributed by atoms with Gasteiger partial charge in [-0.2, -0.15) is 4.98 Å². The average Bonchev–Trinajstić information content (AvgIpc) is 3.29. The number of halogens is 5. The summed E-state index contributed by atoms with van der Waals surface area (Å²) in [4.78, 5) is 44.6. The van der Waals surface area contributed by atoms with Gasteiger partial charge in [0.2, 0.25) is 9.74 Å². The molecule has 1 N–H and O–H groups in total. The number of carbonyl (C=O) groups is 1. The quantitative estimate of drug-likeness (QED) is 0.416. The van der Waals surface area contributed by atoms with Crippen LogP contribution in [0.25, 0.3) is 5.69 Å². The molecule has 38 heavy (non-hydrogen) atoms. The van der Waals surface area contributed by atoms with E-state index in [-0.39, 0.29) is 28.3 Å². The number of aromatic nitrogens is 6. The largest absolute Gasteiger partial charge is 0.475 e. The van der Waals surface area contributed by atoms with Crippen LogP contribution in [0.3, 0.4) is 0 Å². The molecule has 1 aliphatic carbocycles. The summed E-state index contributed by atoms with van der Waals surface area (Å²) >= 11 is 29.1. The van der Waals surface area contributed by atoms with Crippen LogP contribution in [-0.4, -0.2) is 54.1 Å². The van der Waals surface area contributed by atoms with Crippen molar-refractivity contribution in [2.45, 2.75) is 41.9 Å². The van der Waals surface area contributed by atoms with Crippen molar-refractivity contribution < 1.29 is 9.90 Å². The first-order valence-corrected chi connectivity index (χ1v) is 13.2. The number of carboxylic acids is 1. The molecule has 4 rings (SSSR count). The van der Waals surface area contributed by atoms with Crippen molar-refractivity contribution in [2.75, 3.05) is 19.0 Å². The summed E-state index contributed by atoms with van der Waals surface area (Å²) in [5, 5.41) is 13.3. The summed E-state index contributed by atoms with van der Waals surface area (Å²) < 4.78 is 1.85. The van der Waals surface area contributed by atoms with Gasteiger partial charge < -0.3 is 10.0 Å². The van der Waals surface area contributed by atoms with Crippen LogP contribution in [0.1, 0.15) is 54.6 Å². The summed E-state index contributed by atoms with van der Waals surface area (Å²) in [5.74, 6) is -1.66. The Morgan fingerprint density at radius 1 is 1.08 bits per heavy atom. The van der Waals surface area contributed by atoms with Gasteiger partial charge in [-0.25, -0.2) is 28.6 Å². The molecule has 0 atom stereocenters. The van der Waals surface area contributed by atoms with Crippen molar-refractivity contribution in [3.05, 3.63) is 60.9 Å². The standard InChI is InChI=1S/C12H20N4O2.C10H4Cl5N3O2/c1-14(2)10-13-11(17)16(12(18)15(10)3)9-7-5-4-6-8-9;11-4-1-2-6(5(12)3-4)18-9(10(13,14)15)16-7(17-18)8(19)20/h9H,4-8H2,1-3H3;1-3H,(H,19,20). The average molecular weight is 628 g/mol. The lowest BCUT2D eigenvalue weighted by Gasteiger charge is -2.24. The van der Waals surface area contributed by atoms with Gasteiger partial charge in [0, 0.05) is 32.2 Å². The molecule has 1 fully saturated rings. The number of benzene rings is 1. The molecular weight excluding hydrogens is 604 g/mol. The Bertz CT molecular complexity index is 1440. The molecule has 2 heterocycles. The van der Waals surface area contributed by atoms with E-state index in [0.29, 0.717) is 11.0 Å². The van der Waals surface area contributed by atoms with Crippen molar-refractivity contribution in [1.82, 2.24) is 28.9 Å². The molecule has 1 saturated carbocycles. The van der Waals surface area contributed by atoms with Gasteiger partial charge in [-0.3, -0.25) is 4.57 Å². The molecule has 0 amide bonds. The van der Waals surface area contributed by atoms with Gasteiger partial charge in [0.1, 0.15) is 0 Å². The summed E-state index contributed by atoms with van der Waals surface area (Å²) in [6, 6.07) is 4.51. The molecule has 0 spiro atoms. The number of aromatic carboxylic acids is 1. The van der Waals surface area contributed by atoms with Gasteiger partial charge in [0.25, 0.3) is 5.82 Å². The molecule has 3 aromatic rings. The van der Waals surface area contributed by atoms with Crippen LogP contribution in [0.15, 0.2) is 27.8 Å². The third kappa shape index (κ3) is 6.81. The predicted molar refractivity (Wildman–Crippen MR) is 148 cm³/mol. The van der Waals surface area contributed by atoms with Crippen LogP contribution in [0.2, 0.25) is 10.0 Å². The van der Waals surface area contributed by atoms with Crippen molar-refractivity contribution in [2.24, 2.45) is 7.05 Å². The Morgan fingerprint density at radius 3 is 2.24 bits per heavy atom. The highest BCUT2D eigenvalue weighted by Crippen LogP contribution is 2.39. The lowest BCUT2D eigenvalue weighted by Crippen LogP contribution is -2.45. The first kappa shape index (κ1) is 30.2. The van der Waals surface area contributed by atoms with E-state index in [9.17, 15) is 14.4 Å². The van der Waals surface area contributed by atoms with Gasteiger partial charge in [-0.15, -0.1) is 5.10 Å². The molecule has 16 heteroatoms. The highest BCUT2D eigenvalue weighted by Gasteiger charge is 2.33. The minimum absolute atomic E-state index is 0.0219. The molecule has 2 aromatic heterocycles. The minimum atomic E-state index is -1.97. The van der Waals surface area contributed by atoms with E-state index >= 15 is 0 Å². The second kappa shape index (κ2) is 12.3. The summed E-state index contributed by atoms with van der Waals surface area (Å²) in [6.07, 6.45) is 5.15. The maximum Gasteiger partial charge on any atom is 0.375 e. The molecule has 0 saturated heterocycles. The number of hydrogen-bond acceptors (Lipinski definition) is 7. The maximum atomic E-state index is 12.3. The highest BCUT2D eigenvalue weighted by atomic mass is 35.6. The van der Waals surface area contributed by atoms with E-state index in [1.165, 1.54) is 33.8 Å². The number of alkyl halides is 3. The number of anilines is 1. The Morgan fingerprint density at radius 2 is 1.71 bits per heavy atom. The minimum Gasteiger partial charge on any atom is -0.475 e. The summed E-state index contributed by atoms with van der Waals surface area (Å²) in [5.41, 5.74) is -0.392. The second-order valence-corrected chi connectivity index (χ2v) is 11.8. The van der Waals surface area contributed by atoms with Crippen LogP contribution in [-0.2, 0) is 10.8 Å². The molecular formula is C22H24Cl5N7O4. The molecule has 1 aliphatic rings. The fourth-order valence-electron chi connectivity index (χ4n) is 4.00. The van der Waals surface area contributed by atoms with E-state index < -0.39 is 21.3 Å². The highest BCUT2D eigenvalue weighted by molar-refractivity contribution is 6.66. The van der Waals surface area contributed by atoms with Crippen molar-refractivity contribution in [3.8, 4) is 5.69 Å². The van der Waals surface area contributed by atoms with E-state index in [4.69, 9.17) is 63.1 Å². The normalized spacial score (nSPS) is 14.1. The van der Waals surface area contributed by atoms with Crippen LogP contribution in [0, 0.1) is 0 Å². The molecule has 0 unspecified atom stereocenters. The predicted octanol–water partition coefficient (Wildman–Crippen LogP) is 4.61. The zero-order valence-corrected chi connectivity index (χ0v) is 24.3. The zero-order chi connectivity index (χ0) is 28.4. The number of carboxylic acid groups (broad SMARTS) is 1. The summed E-state index contributed by atoms with van der Waals surface area (Å²) in [6.45, 7) is 0. The lowest BCUT2D eigenvalue weighted by molar-refractivity contribution is 0.0683. The lowest BCUT2D eigenvalue weighted by atomic mass is 9.95. The van der Waals surface area contributed by atoms with Gasteiger partial charge >= 0.3 is 17.3 Å². The fraction of sp³-hybridized carbons (Fsp3) is 0.455. The van der Waals surface area contributed by atoms with Crippen LogP contribution in [0.5, 0.6) is 0 Å². The van der Waals surface area contributed by atoms with E-state index in [1.807, 2.05) is 0 Å². The molecule has 0 aliphatic heterocycles. The Hall–Kier alpha value is -2.31. The molecule has 1 aromatic carbocycles. The van der Waals surface area contributed by atoms with Crippen molar-refractivity contribution in [1.29, 1.82) is 0 Å². The van der Waals surface area contributed by atoms with E-state index in [2.05, 4.69) is 15.1 Å². The number of rotatable bonds is 4. The molecule has 206 valence electrons. The monoisotopic (exact) mass is 625 g/mol. The van der Waals surface area contributed by atoms with Gasteiger partial charge in [-0.1, -0.05) is 77.3 Å². The van der Waals surface area contributed by atoms with Crippen molar-refractivity contribution >= 4 is 69.9 Å². The Labute approximate surface area is 242 Å². The molecule has 0 radical (unpaired) electrons. The second-order valence-electron chi connectivity index (χ2n) is 8.66. The van der Waals surface area contributed by atoms with Crippen LogP contribution in [0.4, 0.5) is 5.95 Å². The third-order valence-electron chi connectivity index (χ3n) is 5.72. The maximum absolute atomic E-state index is 12.3. The van der Waals surface area contributed by atoms with Crippen LogP contribution < -0.4 is 16.3 Å². The summed E-state index contributed by atoms with van der Waals surface area (Å²) in [7, 11) is 5.20.